The summed E-state index contributed by atoms with van der Waals surface area (Å²) >= 11 is 6.88. The van der Waals surface area contributed by atoms with Crippen LogP contribution in [0.5, 0.6) is 5.75 Å². The molecule has 2 aromatic rings. The van der Waals surface area contributed by atoms with Crippen LogP contribution in [0.3, 0.4) is 0 Å². The van der Waals surface area contributed by atoms with Crippen molar-refractivity contribution >= 4 is 31.9 Å². The van der Waals surface area contributed by atoms with Crippen LogP contribution in [0.25, 0.3) is 0 Å². The van der Waals surface area contributed by atoms with E-state index in [0.29, 0.717) is 6.61 Å². The van der Waals surface area contributed by atoms with Crippen molar-refractivity contribution in [1.29, 1.82) is 0 Å². The van der Waals surface area contributed by atoms with Crippen LogP contribution in [0, 0.1) is 0 Å². The molecule has 0 aliphatic carbocycles. The minimum absolute atomic E-state index is 0.187. The lowest BCUT2D eigenvalue weighted by Crippen LogP contribution is -2.24. The zero-order chi connectivity index (χ0) is 13.7. The van der Waals surface area contributed by atoms with Gasteiger partial charge in [0.05, 0.1) is 16.8 Å². The molecule has 1 aromatic carbocycles. The molecule has 1 heterocycles. The third-order valence-corrected chi connectivity index (χ3v) is 3.79. The zero-order valence-electron chi connectivity index (χ0n) is 10.5. The number of furan rings is 1. The highest BCUT2D eigenvalue weighted by Gasteiger charge is 2.07. The highest BCUT2D eigenvalue weighted by Crippen LogP contribution is 2.28. The summed E-state index contributed by atoms with van der Waals surface area (Å²) in [5.74, 6) is 1.78. The van der Waals surface area contributed by atoms with E-state index < -0.39 is 0 Å². The van der Waals surface area contributed by atoms with Gasteiger partial charge in [0, 0.05) is 11.0 Å². The monoisotopic (exact) mass is 387 g/mol. The Morgan fingerprint density at radius 3 is 2.84 bits per heavy atom. The fourth-order valence-corrected chi connectivity index (χ4v) is 2.83. The Hall–Kier alpha value is -0.780. The minimum Gasteiger partial charge on any atom is -0.491 e. The molecule has 102 valence electrons. The van der Waals surface area contributed by atoms with Crippen molar-refractivity contribution in [3.63, 3.8) is 0 Å². The summed E-state index contributed by atoms with van der Waals surface area (Å²) in [6, 6.07) is 9.90. The number of halogens is 2. The molecule has 1 aromatic heterocycles. The summed E-state index contributed by atoms with van der Waals surface area (Å²) in [5, 5.41) is 3.34. The molecule has 0 spiro atoms. The Bertz CT molecular complexity index is 514. The van der Waals surface area contributed by atoms with Gasteiger partial charge >= 0.3 is 0 Å². The van der Waals surface area contributed by atoms with Gasteiger partial charge in [-0.05, 0) is 53.2 Å². The molecule has 1 N–H and O–H groups in total. The SMILES string of the molecule is CC(NCCOc1ccc(Br)cc1Br)c1ccco1. The second-order valence-electron chi connectivity index (χ2n) is 4.11. The lowest BCUT2D eigenvalue weighted by atomic mass is 10.2. The van der Waals surface area contributed by atoms with Gasteiger partial charge in [0.25, 0.3) is 0 Å². The molecule has 0 radical (unpaired) electrons. The molecular weight excluding hydrogens is 374 g/mol. The van der Waals surface area contributed by atoms with Crippen molar-refractivity contribution in [3.05, 3.63) is 51.3 Å². The zero-order valence-corrected chi connectivity index (χ0v) is 13.7. The third kappa shape index (κ3) is 4.37. The van der Waals surface area contributed by atoms with E-state index in [9.17, 15) is 0 Å². The van der Waals surface area contributed by atoms with Gasteiger partial charge < -0.3 is 14.5 Å². The molecule has 2 rings (SSSR count). The van der Waals surface area contributed by atoms with Crippen LogP contribution in [0.15, 0.2) is 50.0 Å². The molecule has 19 heavy (non-hydrogen) atoms. The predicted octanol–water partition coefficient (Wildman–Crippen LogP) is 4.53. The molecule has 0 saturated heterocycles. The van der Waals surface area contributed by atoms with Crippen LogP contribution >= 0.6 is 31.9 Å². The predicted molar refractivity (Wildman–Crippen MR) is 82.5 cm³/mol. The first kappa shape index (κ1) is 14.6. The van der Waals surface area contributed by atoms with E-state index in [0.717, 1.165) is 27.0 Å². The van der Waals surface area contributed by atoms with E-state index in [2.05, 4.69) is 44.1 Å². The molecule has 1 unspecified atom stereocenters. The summed E-state index contributed by atoms with van der Waals surface area (Å²) in [5.41, 5.74) is 0. The van der Waals surface area contributed by atoms with Crippen LogP contribution in [0.4, 0.5) is 0 Å². The maximum atomic E-state index is 5.70. The van der Waals surface area contributed by atoms with Crippen LogP contribution in [0.1, 0.15) is 18.7 Å². The fourth-order valence-electron chi connectivity index (χ4n) is 1.67. The van der Waals surface area contributed by atoms with E-state index in [1.165, 1.54) is 0 Å². The number of rotatable bonds is 6. The normalized spacial score (nSPS) is 12.4. The summed E-state index contributed by atoms with van der Waals surface area (Å²) in [7, 11) is 0. The fraction of sp³-hybridized carbons (Fsp3) is 0.286. The average Bonchev–Trinajstić information content (AvgIpc) is 2.90. The first-order valence-corrected chi connectivity index (χ1v) is 7.60. The van der Waals surface area contributed by atoms with Crippen molar-refractivity contribution < 1.29 is 9.15 Å². The van der Waals surface area contributed by atoms with Crippen LogP contribution < -0.4 is 10.1 Å². The standard InChI is InChI=1S/C14H15Br2NO2/c1-10(13-3-2-7-18-13)17-6-8-19-14-5-4-11(15)9-12(14)16/h2-5,7,9-10,17H,6,8H2,1H3. The van der Waals surface area contributed by atoms with E-state index >= 15 is 0 Å². The van der Waals surface area contributed by atoms with E-state index in [-0.39, 0.29) is 6.04 Å². The van der Waals surface area contributed by atoms with E-state index in [4.69, 9.17) is 9.15 Å². The molecule has 0 amide bonds. The number of hydrogen-bond acceptors (Lipinski definition) is 3. The number of ether oxygens (including phenoxy) is 1. The molecule has 0 fully saturated rings. The molecule has 0 aliphatic rings. The Labute approximate surface area is 129 Å². The lowest BCUT2D eigenvalue weighted by molar-refractivity contribution is 0.300. The summed E-state index contributed by atoms with van der Waals surface area (Å²) in [6.07, 6.45) is 1.68. The second-order valence-corrected chi connectivity index (χ2v) is 5.88. The Kier molecular flexibility index (Phi) is 5.48. The molecule has 0 saturated carbocycles. The molecular formula is C14H15Br2NO2. The topological polar surface area (TPSA) is 34.4 Å². The first-order chi connectivity index (χ1) is 9.16. The first-order valence-electron chi connectivity index (χ1n) is 6.01. The highest BCUT2D eigenvalue weighted by molar-refractivity contribution is 9.11. The van der Waals surface area contributed by atoms with E-state index in [1.807, 2.05) is 30.3 Å². The number of benzene rings is 1. The van der Waals surface area contributed by atoms with Gasteiger partial charge in [0.15, 0.2) is 0 Å². The quantitative estimate of drug-likeness (QED) is 0.738. The van der Waals surface area contributed by atoms with Crippen molar-refractivity contribution in [2.75, 3.05) is 13.2 Å². The lowest BCUT2D eigenvalue weighted by Gasteiger charge is -2.12. The summed E-state index contributed by atoms with van der Waals surface area (Å²) in [4.78, 5) is 0. The molecule has 0 aliphatic heterocycles. The number of hydrogen-bond donors (Lipinski definition) is 1. The van der Waals surface area contributed by atoms with Crippen molar-refractivity contribution in [2.24, 2.45) is 0 Å². The maximum Gasteiger partial charge on any atom is 0.133 e. The minimum atomic E-state index is 0.187. The largest absolute Gasteiger partial charge is 0.491 e. The van der Waals surface area contributed by atoms with Gasteiger partial charge in [-0.25, -0.2) is 0 Å². The Morgan fingerprint density at radius 2 is 2.16 bits per heavy atom. The van der Waals surface area contributed by atoms with Gasteiger partial charge in [-0.1, -0.05) is 15.9 Å². The van der Waals surface area contributed by atoms with Crippen LogP contribution in [-0.2, 0) is 0 Å². The average molecular weight is 389 g/mol. The molecule has 0 bridgehead atoms. The highest BCUT2D eigenvalue weighted by atomic mass is 79.9. The van der Waals surface area contributed by atoms with Gasteiger partial charge in [-0.15, -0.1) is 0 Å². The molecule has 3 nitrogen and oxygen atoms in total. The van der Waals surface area contributed by atoms with Crippen LogP contribution in [-0.4, -0.2) is 13.2 Å². The van der Waals surface area contributed by atoms with Crippen LogP contribution in [0.2, 0.25) is 0 Å². The third-order valence-electron chi connectivity index (χ3n) is 2.67. The van der Waals surface area contributed by atoms with Gasteiger partial charge in [-0.2, -0.15) is 0 Å². The number of nitrogens with one attached hydrogen (secondary N) is 1. The van der Waals surface area contributed by atoms with Gasteiger partial charge in [-0.3, -0.25) is 0 Å². The molecule has 5 heteroatoms. The maximum absolute atomic E-state index is 5.70. The van der Waals surface area contributed by atoms with E-state index in [1.54, 1.807) is 6.26 Å². The van der Waals surface area contributed by atoms with Crippen molar-refractivity contribution in [1.82, 2.24) is 5.32 Å². The van der Waals surface area contributed by atoms with Gasteiger partial charge in [0.2, 0.25) is 0 Å². The smallest absolute Gasteiger partial charge is 0.133 e. The Balaban J connectivity index is 1.75. The Morgan fingerprint density at radius 1 is 1.32 bits per heavy atom. The van der Waals surface area contributed by atoms with Crippen molar-refractivity contribution in [3.8, 4) is 5.75 Å². The molecule has 1 atom stereocenters. The summed E-state index contributed by atoms with van der Waals surface area (Å²) < 4.78 is 13.0. The summed E-state index contributed by atoms with van der Waals surface area (Å²) in [6.45, 7) is 3.42. The second kappa shape index (κ2) is 7.12. The van der Waals surface area contributed by atoms with Gasteiger partial charge in [0.1, 0.15) is 18.1 Å². The van der Waals surface area contributed by atoms with Crippen molar-refractivity contribution in [2.45, 2.75) is 13.0 Å².